The van der Waals surface area contributed by atoms with Gasteiger partial charge in [-0.2, -0.15) is 0 Å². The molecule has 0 saturated heterocycles. The summed E-state index contributed by atoms with van der Waals surface area (Å²) < 4.78 is -1.34. The van der Waals surface area contributed by atoms with E-state index in [0.29, 0.717) is 6.42 Å². The molecule has 0 spiro atoms. The number of hydrogen-bond acceptors (Lipinski definition) is 0. The fourth-order valence-corrected chi connectivity index (χ4v) is 4.95. The topological polar surface area (TPSA) is 0 Å². The van der Waals surface area contributed by atoms with Crippen LogP contribution < -0.4 is 0 Å². The molecule has 0 unspecified atom stereocenters. The molecule has 3 heteroatoms. The molecule has 138 valence electrons. The van der Waals surface area contributed by atoms with Crippen molar-refractivity contribution in [3.8, 4) is 11.1 Å². The Morgan fingerprint density at radius 1 is 0.643 bits per heavy atom. The highest BCUT2D eigenvalue weighted by Crippen LogP contribution is 2.50. The van der Waals surface area contributed by atoms with E-state index >= 15 is 0 Å². The van der Waals surface area contributed by atoms with Crippen molar-refractivity contribution in [1.82, 2.24) is 0 Å². The van der Waals surface area contributed by atoms with Gasteiger partial charge in [-0.3, -0.25) is 0 Å². The zero-order valence-corrected chi connectivity index (χ0v) is 17.3. The summed E-state index contributed by atoms with van der Waals surface area (Å²) in [6.45, 7) is 0. The fraction of sp³-hybridized carbons (Fsp3) is 0.120. The average molecular weight is 424 g/mol. The molecule has 1 aliphatic carbocycles. The summed E-state index contributed by atoms with van der Waals surface area (Å²) >= 11 is 18.7. The van der Waals surface area contributed by atoms with Crippen LogP contribution in [0.2, 0.25) is 0 Å². The molecule has 0 saturated carbocycles. The first kappa shape index (κ1) is 18.1. The third kappa shape index (κ3) is 3.01. The van der Waals surface area contributed by atoms with Crippen LogP contribution in [-0.4, -0.2) is 3.79 Å². The Labute approximate surface area is 179 Å². The third-order valence-corrected chi connectivity index (χ3v) is 5.98. The van der Waals surface area contributed by atoms with E-state index in [0.717, 1.165) is 5.56 Å². The molecular formula is C25H17Cl3. The lowest BCUT2D eigenvalue weighted by molar-refractivity contribution is 0.943. The summed E-state index contributed by atoms with van der Waals surface area (Å²) in [4.78, 5) is 0. The maximum Gasteiger partial charge on any atom is 0.194 e. The van der Waals surface area contributed by atoms with Gasteiger partial charge in [0.25, 0.3) is 0 Å². The molecule has 4 aromatic carbocycles. The van der Waals surface area contributed by atoms with E-state index < -0.39 is 3.79 Å². The lowest BCUT2D eigenvalue weighted by Crippen LogP contribution is -2.12. The van der Waals surface area contributed by atoms with Gasteiger partial charge in [0, 0.05) is 12.3 Å². The van der Waals surface area contributed by atoms with E-state index in [1.807, 2.05) is 0 Å². The van der Waals surface area contributed by atoms with Crippen LogP contribution in [0.4, 0.5) is 0 Å². The Morgan fingerprint density at radius 2 is 1.21 bits per heavy atom. The van der Waals surface area contributed by atoms with Crippen molar-refractivity contribution in [2.75, 3.05) is 0 Å². The van der Waals surface area contributed by atoms with Crippen molar-refractivity contribution in [3.05, 3.63) is 107 Å². The molecule has 0 amide bonds. The van der Waals surface area contributed by atoms with Crippen LogP contribution >= 0.6 is 34.8 Å². The normalized spacial score (nSPS) is 13.5. The molecule has 5 rings (SSSR count). The first-order valence-electron chi connectivity index (χ1n) is 9.28. The second-order valence-electron chi connectivity index (χ2n) is 7.26. The maximum absolute atomic E-state index is 6.23. The lowest BCUT2D eigenvalue weighted by Gasteiger charge is -2.23. The SMILES string of the molecule is ClC(Cl)(Cl)Cc1ccc2ccccc2c1C1c2ccccc2-c2ccccc21. The van der Waals surface area contributed by atoms with Gasteiger partial charge in [0.2, 0.25) is 0 Å². The quantitative estimate of drug-likeness (QED) is 0.253. The van der Waals surface area contributed by atoms with Gasteiger partial charge in [0.15, 0.2) is 3.79 Å². The second kappa shape index (κ2) is 6.81. The van der Waals surface area contributed by atoms with E-state index in [9.17, 15) is 0 Å². The van der Waals surface area contributed by atoms with Crippen LogP contribution in [0.25, 0.3) is 21.9 Å². The zero-order chi connectivity index (χ0) is 19.3. The first-order valence-corrected chi connectivity index (χ1v) is 10.4. The average Bonchev–Trinajstić information content (AvgIpc) is 3.01. The van der Waals surface area contributed by atoms with Gasteiger partial charge in [-0.15, -0.1) is 0 Å². The van der Waals surface area contributed by atoms with Crippen molar-refractivity contribution in [2.24, 2.45) is 0 Å². The van der Waals surface area contributed by atoms with Crippen molar-refractivity contribution < 1.29 is 0 Å². The standard InChI is InChI=1S/C25H17Cl3/c26-25(27,28)15-17-14-13-16-7-1-2-8-18(16)23(17)24-21-11-5-3-9-19(21)20-10-4-6-12-22(20)24/h1-14,24H,15H2. The van der Waals surface area contributed by atoms with E-state index in [1.165, 1.54) is 38.6 Å². The van der Waals surface area contributed by atoms with Gasteiger partial charge >= 0.3 is 0 Å². The summed E-state index contributed by atoms with van der Waals surface area (Å²) in [5.41, 5.74) is 7.51. The van der Waals surface area contributed by atoms with Crippen LogP contribution in [0.1, 0.15) is 28.2 Å². The second-order valence-corrected chi connectivity index (χ2v) is 9.78. The minimum Gasteiger partial charge on any atom is -0.0833 e. The van der Waals surface area contributed by atoms with Crippen LogP contribution in [-0.2, 0) is 6.42 Å². The Balaban J connectivity index is 1.85. The molecular weight excluding hydrogens is 407 g/mol. The zero-order valence-electron chi connectivity index (χ0n) is 15.0. The van der Waals surface area contributed by atoms with E-state index in [2.05, 4.69) is 84.9 Å². The van der Waals surface area contributed by atoms with E-state index in [-0.39, 0.29) is 5.92 Å². The minimum absolute atomic E-state index is 0.126. The minimum atomic E-state index is -1.34. The van der Waals surface area contributed by atoms with Crippen LogP contribution in [0.3, 0.4) is 0 Å². The highest BCUT2D eigenvalue weighted by atomic mass is 35.6. The smallest absolute Gasteiger partial charge is 0.0833 e. The molecule has 0 heterocycles. The molecule has 0 bridgehead atoms. The molecule has 0 N–H and O–H groups in total. The Bertz CT molecular complexity index is 1140. The van der Waals surface area contributed by atoms with Crippen molar-refractivity contribution in [3.63, 3.8) is 0 Å². The molecule has 0 fully saturated rings. The number of alkyl halides is 3. The van der Waals surface area contributed by atoms with Gasteiger partial charge < -0.3 is 0 Å². The number of rotatable bonds is 2. The number of hydrogen-bond donors (Lipinski definition) is 0. The predicted molar refractivity (Wildman–Crippen MR) is 121 cm³/mol. The molecule has 0 atom stereocenters. The van der Waals surface area contributed by atoms with Crippen LogP contribution in [0.5, 0.6) is 0 Å². The molecule has 0 nitrogen and oxygen atoms in total. The number of benzene rings is 4. The van der Waals surface area contributed by atoms with Gasteiger partial charge in [0.05, 0.1) is 0 Å². The lowest BCUT2D eigenvalue weighted by atomic mass is 9.82. The summed E-state index contributed by atoms with van der Waals surface area (Å²) in [5.74, 6) is 0.126. The van der Waals surface area contributed by atoms with Crippen molar-refractivity contribution in [2.45, 2.75) is 16.1 Å². The Kier molecular flexibility index (Phi) is 4.39. The van der Waals surface area contributed by atoms with Gasteiger partial charge in [-0.05, 0) is 44.2 Å². The Hall–Kier alpha value is -1.99. The molecule has 0 aliphatic heterocycles. The third-order valence-electron chi connectivity index (χ3n) is 5.57. The maximum atomic E-state index is 6.23. The van der Waals surface area contributed by atoms with Gasteiger partial charge in [-0.25, -0.2) is 0 Å². The summed E-state index contributed by atoms with van der Waals surface area (Å²) in [6.07, 6.45) is 0.374. The van der Waals surface area contributed by atoms with Gasteiger partial charge in [0.1, 0.15) is 0 Å². The van der Waals surface area contributed by atoms with Crippen molar-refractivity contribution in [1.29, 1.82) is 0 Å². The predicted octanol–water partition coefficient (Wildman–Crippen LogP) is 7.91. The van der Waals surface area contributed by atoms with Gasteiger partial charge in [-0.1, -0.05) is 120 Å². The molecule has 28 heavy (non-hydrogen) atoms. The monoisotopic (exact) mass is 422 g/mol. The summed E-state index contributed by atoms with van der Waals surface area (Å²) in [7, 11) is 0. The van der Waals surface area contributed by atoms with Crippen molar-refractivity contribution >= 4 is 45.6 Å². The summed E-state index contributed by atoms with van der Waals surface area (Å²) in [6, 6.07) is 30.0. The van der Waals surface area contributed by atoms with Crippen LogP contribution in [0, 0.1) is 0 Å². The fourth-order valence-electron chi connectivity index (χ4n) is 4.52. The summed E-state index contributed by atoms with van der Waals surface area (Å²) in [5, 5.41) is 2.41. The largest absolute Gasteiger partial charge is 0.194 e. The molecule has 1 aliphatic rings. The van der Waals surface area contributed by atoms with E-state index in [4.69, 9.17) is 34.8 Å². The number of fused-ring (bicyclic) bond motifs is 4. The van der Waals surface area contributed by atoms with E-state index in [1.54, 1.807) is 0 Å². The number of halogens is 3. The highest BCUT2D eigenvalue weighted by molar-refractivity contribution is 6.67. The van der Waals surface area contributed by atoms with Crippen LogP contribution in [0.15, 0.2) is 84.9 Å². The first-order chi connectivity index (χ1) is 13.5. The molecule has 0 radical (unpaired) electrons. The highest BCUT2D eigenvalue weighted by Gasteiger charge is 2.33. The molecule has 0 aromatic heterocycles. The Morgan fingerprint density at radius 3 is 1.86 bits per heavy atom. The molecule has 4 aromatic rings.